The third-order valence-electron chi connectivity index (χ3n) is 3.57. The molecule has 2 aromatic rings. The van der Waals surface area contributed by atoms with Crippen LogP contribution in [-0.4, -0.2) is 49.4 Å². The summed E-state index contributed by atoms with van der Waals surface area (Å²) >= 11 is 0. The van der Waals surface area contributed by atoms with Gasteiger partial charge in [-0.3, -0.25) is 0 Å². The largest absolute Gasteiger partial charge is 0.464 e. The summed E-state index contributed by atoms with van der Waals surface area (Å²) in [6.07, 6.45) is 0. The Hall–Kier alpha value is -2.54. The number of nitrogens with zero attached hydrogens (tertiary/aromatic N) is 2. The molecule has 3 rings (SSSR count). The SMILES string of the molecule is COC(=O)c1[nH]c(-c2ccc(N)cc2)nc1N1CCOCC1. The van der Waals surface area contributed by atoms with Gasteiger partial charge in [0.05, 0.1) is 20.3 Å². The maximum Gasteiger partial charge on any atom is 0.358 e. The van der Waals surface area contributed by atoms with E-state index < -0.39 is 5.97 Å². The Morgan fingerprint density at radius 3 is 2.64 bits per heavy atom. The highest BCUT2D eigenvalue weighted by Gasteiger charge is 2.24. The highest BCUT2D eigenvalue weighted by atomic mass is 16.5. The van der Waals surface area contributed by atoms with E-state index >= 15 is 0 Å². The van der Waals surface area contributed by atoms with Crippen molar-refractivity contribution in [3.05, 3.63) is 30.0 Å². The molecule has 0 spiro atoms. The summed E-state index contributed by atoms with van der Waals surface area (Å²) < 4.78 is 10.2. The predicted octanol–water partition coefficient (Wildman–Crippen LogP) is 1.28. The standard InChI is InChI=1S/C15H18N4O3/c1-21-15(20)12-14(19-6-8-22-9-7-19)18-13(17-12)10-2-4-11(16)5-3-10/h2-5H,6-9,16H2,1H3,(H,17,18). The average molecular weight is 302 g/mol. The van der Waals surface area contributed by atoms with Crippen LogP contribution < -0.4 is 10.6 Å². The van der Waals surface area contributed by atoms with E-state index in [0.29, 0.717) is 49.3 Å². The molecule has 0 unspecified atom stereocenters. The van der Waals surface area contributed by atoms with Crippen molar-refractivity contribution in [2.45, 2.75) is 0 Å². The third kappa shape index (κ3) is 2.75. The minimum Gasteiger partial charge on any atom is -0.464 e. The number of benzene rings is 1. The number of hydrogen-bond acceptors (Lipinski definition) is 6. The number of aromatic nitrogens is 2. The van der Waals surface area contributed by atoms with Gasteiger partial charge in [-0.05, 0) is 24.3 Å². The Bertz CT molecular complexity index is 660. The van der Waals surface area contributed by atoms with Gasteiger partial charge in [0.25, 0.3) is 0 Å². The van der Waals surface area contributed by atoms with Crippen LogP contribution in [0.4, 0.5) is 11.5 Å². The fourth-order valence-electron chi connectivity index (χ4n) is 2.39. The Balaban J connectivity index is 2.00. The van der Waals surface area contributed by atoms with Crippen LogP contribution in [0.1, 0.15) is 10.5 Å². The van der Waals surface area contributed by atoms with E-state index in [0.717, 1.165) is 5.56 Å². The molecule has 7 nitrogen and oxygen atoms in total. The number of nitrogens with one attached hydrogen (secondary N) is 1. The van der Waals surface area contributed by atoms with Crippen LogP contribution in [0.5, 0.6) is 0 Å². The molecule has 0 bridgehead atoms. The van der Waals surface area contributed by atoms with E-state index in [9.17, 15) is 4.79 Å². The van der Waals surface area contributed by atoms with Crippen molar-refractivity contribution in [3.63, 3.8) is 0 Å². The van der Waals surface area contributed by atoms with Crippen molar-refractivity contribution in [1.82, 2.24) is 9.97 Å². The van der Waals surface area contributed by atoms with E-state index in [-0.39, 0.29) is 0 Å². The lowest BCUT2D eigenvalue weighted by Gasteiger charge is -2.27. The lowest BCUT2D eigenvalue weighted by atomic mass is 10.2. The second kappa shape index (κ2) is 6.07. The first-order valence-corrected chi connectivity index (χ1v) is 7.06. The number of hydrogen-bond donors (Lipinski definition) is 2. The van der Waals surface area contributed by atoms with Gasteiger partial charge in [-0.2, -0.15) is 0 Å². The van der Waals surface area contributed by atoms with Crippen LogP contribution >= 0.6 is 0 Å². The summed E-state index contributed by atoms with van der Waals surface area (Å²) in [5.41, 5.74) is 7.60. The van der Waals surface area contributed by atoms with Gasteiger partial charge in [-0.1, -0.05) is 0 Å². The number of carbonyl (C=O) groups excluding carboxylic acids is 1. The topological polar surface area (TPSA) is 93.5 Å². The monoisotopic (exact) mass is 302 g/mol. The van der Waals surface area contributed by atoms with Gasteiger partial charge in [0.2, 0.25) is 0 Å². The van der Waals surface area contributed by atoms with Crippen molar-refractivity contribution in [1.29, 1.82) is 0 Å². The second-order valence-corrected chi connectivity index (χ2v) is 5.00. The first kappa shape index (κ1) is 14.4. The number of esters is 1. The van der Waals surface area contributed by atoms with Crippen molar-refractivity contribution < 1.29 is 14.3 Å². The molecule has 2 heterocycles. The Morgan fingerprint density at radius 1 is 1.32 bits per heavy atom. The fourth-order valence-corrected chi connectivity index (χ4v) is 2.39. The van der Waals surface area contributed by atoms with Crippen molar-refractivity contribution in [2.24, 2.45) is 0 Å². The molecule has 0 radical (unpaired) electrons. The molecule has 22 heavy (non-hydrogen) atoms. The quantitative estimate of drug-likeness (QED) is 0.655. The number of nitrogens with two attached hydrogens (primary N) is 1. The van der Waals surface area contributed by atoms with E-state index in [1.807, 2.05) is 17.0 Å². The van der Waals surface area contributed by atoms with Crippen LogP contribution in [0, 0.1) is 0 Å². The summed E-state index contributed by atoms with van der Waals surface area (Å²) in [5, 5.41) is 0. The average Bonchev–Trinajstić information content (AvgIpc) is 3.01. The number of nitrogen functional groups attached to an aromatic ring is 1. The smallest absolute Gasteiger partial charge is 0.358 e. The molecule has 1 aromatic heterocycles. The van der Waals surface area contributed by atoms with E-state index in [2.05, 4.69) is 9.97 Å². The summed E-state index contributed by atoms with van der Waals surface area (Å²) in [6, 6.07) is 7.31. The second-order valence-electron chi connectivity index (χ2n) is 5.00. The van der Waals surface area contributed by atoms with Gasteiger partial charge in [-0.15, -0.1) is 0 Å². The summed E-state index contributed by atoms with van der Waals surface area (Å²) in [6.45, 7) is 2.61. The molecule has 0 aliphatic carbocycles. The van der Waals surface area contributed by atoms with Crippen molar-refractivity contribution in [3.8, 4) is 11.4 Å². The van der Waals surface area contributed by atoms with E-state index in [1.54, 1.807) is 12.1 Å². The maximum atomic E-state index is 12.0. The highest BCUT2D eigenvalue weighted by Crippen LogP contribution is 2.26. The van der Waals surface area contributed by atoms with Gasteiger partial charge in [0, 0.05) is 24.3 Å². The van der Waals surface area contributed by atoms with Crippen molar-refractivity contribution >= 4 is 17.5 Å². The molecule has 0 amide bonds. The molecule has 1 saturated heterocycles. The molecule has 1 fully saturated rings. The van der Waals surface area contributed by atoms with Crippen LogP contribution in [0.2, 0.25) is 0 Å². The third-order valence-corrected chi connectivity index (χ3v) is 3.57. The summed E-state index contributed by atoms with van der Waals surface area (Å²) in [7, 11) is 1.36. The van der Waals surface area contributed by atoms with Gasteiger partial charge in [0.15, 0.2) is 11.5 Å². The Labute approximate surface area is 128 Å². The molecule has 3 N–H and O–H groups in total. The molecule has 7 heteroatoms. The number of aromatic amines is 1. The van der Waals surface area contributed by atoms with Crippen LogP contribution in [0.25, 0.3) is 11.4 Å². The molecular formula is C15H18N4O3. The van der Waals surface area contributed by atoms with Gasteiger partial charge < -0.3 is 25.1 Å². The number of anilines is 2. The van der Waals surface area contributed by atoms with Crippen molar-refractivity contribution in [2.75, 3.05) is 44.0 Å². The molecule has 0 saturated carbocycles. The summed E-state index contributed by atoms with van der Waals surface area (Å²) in [4.78, 5) is 21.7. The number of ether oxygens (including phenoxy) is 2. The molecule has 1 aliphatic heterocycles. The normalized spacial score (nSPS) is 14.9. The van der Waals surface area contributed by atoms with E-state index in [4.69, 9.17) is 15.2 Å². The Kier molecular flexibility index (Phi) is 3.97. The first-order valence-electron chi connectivity index (χ1n) is 7.06. The minimum atomic E-state index is -0.435. The number of imidazole rings is 1. The molecule has 1 aliphatic rings. The number of carbonyl (C=O) groups is 1. The fraction of sp³-hybridized carbons (Fsp3) is 0.333. The van der Waals surface area contributed by atoms with Crippen LogP contribution in [-0.2, 0) is 9.47 Å². The predicted molar refractivity (Wildman–Crippen MR) is 82.8 cm³/mol. The minimum absolute atomic E-state index is 0.358. The molecular weight excluding hydrogens is 284 g/mol. The van der Waals surface area contributed by atoms with Gasteiger partial charge in [-0.25, -0.2) is 9.78 Å². The van der Waals surface area contributed by atoms with E-state index in [1.165, 1.54) is 7.11 Å². The lowest BCUT2D eigenvalue weighted by molar-refractivity contribution is 0.0594. The number of morpholine rings is 1. The number of rotatable bonds is 3. The first-order chi connectivity index (χ1) is 10.7. The molecule has 0 atom stereocenters. The van der Waals surface area contributed by atoms with Gasteiger partial charge >= 0.3 is 5.97 Å². The molecule has 116 valence electrons. The zero-order valence-corrected chi connectivity index (χ0v) is 12.3. The van der Waals surface area contributed by atoms with Crippen LogP contribution in [0.3, 0.4) is 0 Å². The van der Waals surface area contributed by atoms with Crippen LogP contribution in [0.15, 0.2) is 24.3 Å². The summed E-state index contributed by atoms with van der Waals surface area (Å²) in [5.74, 6) is 0.777. The Morgan fingerprint density at radius 2 is 2.00 bits per heavy atom. The van der Waals surface area contributed by atoms with Gasteiger partial charge in [0.1, 0.15) is 5.82 Å². The zero-order valence-electron chi connectivity index (χ0n) is 12.3. The lowest BCUT2D eigenvalue weighted by Crippen LogP contribution is -2.37. The highest BCUT2D eigenvalue weighted by molar-refractivity contribution is 5.94. The maximum absolute atomic E-state index is 12.0. The number of H-pyrrole nitrogens is 1. The zero-order chi connectivity index (χ0) is 15.5. The molecule has 1 aromatic carbocycles. The number of methoxy groups -OCH3 is 1.